The number of benzene rings is 1. The van der Waals surface area contributed by atoms with Crippen molar-refractivity contribution in [1.29, 1.82) is 0 Å². The first-order valence-corrected chi connectivity index (χ1v) is 15.9. The molecule has 0 radical (unpaired) electrons. The second-order valence-corrected chi connectivity index (χ2v) is 13.8. The maximum absolute atomic E-state index is 15.6. The van der Waals surface area contributed by atoms with Gasteiger partial charge in [-0.15, -0.1) is 5.54 Å². The number of aromatic nitrogens is 3. The fourth-order valence-corrected chi connectivity index (χ4v) is 8.04. The Balaban J connectivity index is 0.000000295. The molecule has 0 unspecified atom stereocenters. The Kier molecular flexibility index (Phi) is 10.3. The van der Waals surface area contributed by atoms with Gasteiger partial charge in [0.1, 0.15) is 17.5 Å². The molecule has 0 bridgehead atoms. The van der Waals surface area contributed by atoms with Crippen LogP contribution in [-0.4, -0.2) is 79.4 Å². The van der Waals surface area contributed by atoms with Gasteiger partial charge in [-0.1, -0.05) is 35.6 Å². The largest absolute Gasteiger partial charge is 2.00 e. The number of likely N-dealkylation sites (tertiary alicyclic amines) is 1. The molecule has 44 heavy (non-hydrogen) atoms. The van der Waals surface area contributed by atoms with E-state index in [1.807, 2.05) is 4.90 Å². The van der Waals surface area contributed by atoms with Gasteiger partial charge in [0.25, 0.3) is 0 Å². The van der Waals surface area contributed by atoms with Gasteiger partial charge in [-0.25, -0.2) is 13.2 Å². The van der Waals surface area contributed by atoms with Gasteiger partial charge < -0.3 is 31.6 Å². The monoisotopic (exact) mass is 940 g/mol. The summed E-state index contributed by atoms with van der Waals surface area (Å²) >= 11 is 2.55. The van der Waals surface area contributed by atoms with Crippen LogP contribution in [0, 0.1) is 61.8 Å². The fraction of sp³-hybridized carbons (Fsp3) is 0.469. The van der Waals surface area contributed by atoms with Gasteiger partial charge in [0.15, 0.2) is 0 Å². The van der Waals surface area contributed by atoms with Gasteiger partial charge in [-0.05, 0) is 69.1 Å². The molecular formula is C32H34F3IN6OU. The van der Waals surface area contributed by atoms with Crippen LogP contribution < -0.4 is 4.90 Å². The third-order valence-corrected chi connectivity index (χ3v) is 10.0. The molecule has 1 saturated carbocycles. The van der Waals surface area contributed by atoms with E-state index in [0.29, 0.717) is 36.3 Å². The van der Waals surface area contributed by atoms with Crippen LogP contribution in [-0.2, 0) is 4.79 Å². The van der Waals surface area contributed by atoms with Crippen molar-refractivity contribution in [3.8, 4) is 11.3 Å². The van der Waals surface area contributed by atoms with Crippen molar-refractivity contribution in [3.63, 3.8) is 0 Å². The predicted molar refractivity (Wildman–Crippen MR) is 168 cm³/mol. The van der Waals surface area contributed by atoms with E-state index >= 15 is 4.39 Å². The van der Waals surface area contributed by atoms with Crippen LogP contribution in [0.4, 0.5) is 19.0 Å². The number of carbonyl (C=O) groups excluding carboxylic acids is 1. The number of hydrogen-bond acceptors (Lipinski definition) is 6. The first-order valence-electron chi connectivity index (χ1n) is 14.7. The fourth-order valence-electron chi connectivity index (χ4n) is 6.74. The SMILES string of the molecule is C=CC(=O)N1CC[C@@H](N(C)c2n[c-]nc3c(F)c(-c4cc(F)cc(F)c4C4CC4)ncc23)C1.[CH2-][C@@]12CCCN1C[C@H](I)C2.[U+2]. The van der Waals surface area contributed by atoms with Gasteiger partial charge >= 0.3 is 31.1 Å². The molecule has 2 aromatic heterocycles. The third kappa shape index (κ3) is 6.56. The van der Waals surface area contributed by atoms with E-state index in [1.54, 1.807) is 11.9 Å². The van der Waals surface area contributed by atoms with E-state index < -0.39 is 17.5 Å². The summed E-state index contributed by atoms with van der Waals surface area (Å²) in [5, 5.41) is 0.357. The average Bonchev–Trinajstić information content (AvgIpc) is 3.45. The molecule has 0 N–H and O–H groups in total. The topological polar surface area (TPSA) is 65.5 Å². The summed E-state index contributed by atoms with van der Waals surface area (Å²) in [6.45, 7) is 11.5. The number of halogens is 4. The van der Waals surface area contributed by atoms with E-state index in [4.69, 9.17) is 0 Å². The number of nitrogens with zero attached hydrogens (tertiary/aromatic N) is 6. The molecule has 4 aliphatic rings. The van der Waals surface area contributed by atoms with Crippen LogP contribution >= 0.6 is 22.6 Å². The van der Waals surface area contributed by atoms with Crippen LogP contribution in [0.2, 0.25) is 0 Å². The van der Waals surface area contributed by atoms with Crippen molar-refractivity contribution in [2.24, 2.45) is 0 Å². The maximum atomic E-state index is 15.6. The molecule has 4 fully saturated rings. The molecule has 3 aromatic rings. The number of rotatable bonds is 5. The molecule has 1 amide bonds. The molecule has 5 heterocycles. The number of anilines is 1. The molecule has 1 aromatic carbocycles. The second kappa shape index (κ2) is 13.5. The summed E-state index contributed by atoms with van der Waals surface area (Å²) < 4.78 is 45.0. The number of amides is 1. The molecule has 3 atom stereocenters. The van der Waals surface area contributed by atoms with Crippen molar-refractivity contribution in [2.45, 2.75) is 59.9 Å². The minimum atomic E-state index is -0.789. The molecule has 0 spiro atoms. The Morgan fingerprint density at radius 3 is 2.68 bits per heavy atom. The zero-order valence-corrected chi connectivity index (χ0v) is 31.0. The summed E-state index contributed by atoms with van der Waals surface area (Å²) in [4.78, 5) is 30.5. The third-order valence-electron chi connectivity index (χ3n) is 9.18. The van der Waals surface area contributed by atoms with E-state index in [0.717, 1.165) is 28.9 Å². The van der Waals surface area contributed by atoms with Crippen LogP contribution in [0.3, 0.4) is 0 Å². The minimum Gasteiger partial charge on any atom is -0.407 e. The Hall–Kier alpha value is -1.75. The quantitative estimate of drug-likeness (QED) is 0.138. The number of pyridine rings is 1. The second-order valence-electron chi connectivity index (χ2n) is 12.1. The molecule has 7 nitrogen and oxygen atoms in total. The summed E-state index contributed by atoms with van der Waals surface area (Å²) in [5.74, 6) is -2.05. The molecule has 1 aliphatic carbocycles. The Morgan fingerprint density at radius 1 is 1.20 bits per heavy atom. The summed E-state index contributed by atoms with van der Waals surface area (Å²) in [6.07, 6.45) is 11.4. The zero-order valence-electron chi connectivity index (χ0n) is 24.6. The van der Waals surface area contributed by atoms with Gasteiger partial charge in [-0.2, -0.15) is 0 Å². The Labute approximate surface area is 293 Å². The number of likely N-dealkylation sites (N-methyl/N-ethyl adjacent to an activating group) is 1. The van der Waals surface area contributed by atoms with Gasteiger partial charge in [-0.3, -0.25) is 9.78 Å². The van der Waals surface area contributed by atoms with Crippen molar-refractivity contribution in [2.75, 3.05) is 38.1 Å². The first-order chi connectivity index (χ1) is 20.6. The van der Waals surface area contributed by atoms with Crippen molar-refractivity contribution in [3.05, 3.63) is 67.3 Å². The van der Waals surface area contributed by atoms with Crippen molar-refractivity contribution >= 4 is 45.2 Å². The molecule has 3 aliphatic heterocycles. The predicted octanol–water partition coefficient (Wildman–Crippen LogP) is 5.87. The smallest absolute Gasteiger partial charge is 0.407 e. The number of fused-ring (bicyclic) bond motifs is 2. The minimum absolute atomic E-state index is 0. The standard InChI is InChI=1S/C24H21F3N5O.C8H13IN.U/c1-3-19(33)32-7-6-15(11-32)31(2)24-17-10-28-22(21(27)23(17)29-12-30-24)16-8-14(25)9-18(26)20(16)13-4-5-13;1-8-3-2-4-10(8)6-7(9)5-8;/h3,8-10,13,15H,1,4-7,11H2,2H3;7H,1-6H2;/q2*-1;+2/t15-;7-,8+;/m11./s1. The van der Waals surface area contributed by atoms with Crippen LogP contribution in [0.5, 0.6) is 0 Å². The van der Waals surface area contributed by atoms with E-state index in [-0.39, 0.29) is 71.3 Å². The van der Waals surface area contributed by atoms with Crippen molar-refractivity contribution in [1.82, 2.24) is 24.8 Å². The molecule has 12 heteroatoms. The van der Waals surface area contributed by atoms with Crippen molar-refractivity contribution < 1.29 is 49.1 Å². The number of hydrogen-bond donors (Lipinski definition) is 0. The average molecular weight is 941 g/mol. The Morgan fingerprint density at radius 2 is 1.98 bits per heavy atom. The van der Waals surface area contributed by atoms with Gasteiger partial charge in [0, 0.05) is 70.7 Å². The van der Waals surface area contributed by atoms with E-state index in [9.17, 15) is 13.6 Å². The van der Waals surface area contributed by atoms with E-state index in [1.165, 1.54) is 44.6 Å². The van der Waals surface area contributed by atoms with E-state index in [2.05, 4.69) is 62.3 Å². The summed E-state index contributed by atoms with van der Waals surface area (Å²) in [7, 11) is 1.81. The summed E-state index contributed by atoms with van der Waals surface area (Å²) in [6, 6.07) is 1.90. The number of alkyl halides is 1. The molecule has 230 valence electrons. The normalized spacial score (nSPS) is 24.5. The van der Waals surface area contributed by atoms with Crippen LogP contribution in [0.25, 0.3) is 22.2 Å². The van der Waals surface area contributed by atoms with Crippen LogP contribution in [0.1, 0.15) is 50.0 Å². The summed E-state index contributed by atoms with van der Waals surface area (Å²) in [5.41, 5.74) is 0.575. The van der Waals surface area contributed by atoms with Gasteiger partial charge in [0.2, 0.25) is 5.91 Å². The molecular weight excluding hydrogens is 906 g/mol. The first kappa shape index (κ1) is 33.6. The maximum Gasteiger partial charge on any atom is 2.00 e. The number of carbonyl (C=O) groups is 1. The van der Waals surface area contributed by atoms with Gasteiger partial charge in [0.05, 0.1) is 5.69 Å². The molecule has 3 saturated heterocycles. The zero-order chi connectivity index (χ0) is 30.5. The van der Waals surface area contributed by atoms with Crippen LogP contribution in [0.15, 0.2) is 31.0 Å². The Bertz CT molecular complexity index is 1570. The molecule has 7 rings (SSSR count).